The van der Waals surface area contributed by atoms with Crippen molar-refractivity contribution in [1.82, 2.24) is 4.90 Å². The minimum Gasteiger partial charge on any atom is -0.478 e. The number of ether oxygens (including phenoxy) is 1. The fraction of sp³-hybridized carbons (Fsp3) is 0.286. The Kier molecular flexibility index (Phi) is 3.85. The molecule has 2 heterocycles. The van der Waals surface area contributed by atoms with Crippen molar-refractivity contribution in [2.45, 2.75) is 33.4 Å². The van der Waals surface area contributed by atoms with E-state index in [1.165, 1.54) is 5.56 Å². The highest BCUT2D eigenvalue weighted by Gasteiger charge is 2.26. The highest BCUT2D eigenvalue weighted by Crippen LogP contribution is 2.36. The van der Waals surface area contributed by atoms with Crippen LogP contribution in [0.2, 0.25) is 0 Å². The Morgan fingerprint density at radius 2 is 1.80 bits per heavy atom. The summed E-state index contributed by atoms with van der Waals surface area (Å²) in [5, 5.41) is 0.980. The molecule has 128 valence electrons. The molecule has 1 aliphatic rings. The summed E-state index contributed by atoms with van der Waals surface area (Å²) in [6.45, 7) is 7.15. The summed E-state index contributed by atoms with van der Waals surface area (Å²) in [5.41, 5.74) is 4.21. The van der Waals surface area contributed by atoms with Gasteiger partial charge in [-0.1, -0.05) is 30.3 Å². The maximum atomic E-state index is 12.2. The lowest BCUT2D eigenvalue weighted by atomic mass is 10.0. The van der Waals surface area contributed by atoms with Crippen LogP contribution in [0.15, 0.2) is 51.7 Å². The molecule has 2 aromatic carbocycles. The third kappa shape index (κ3) is 2.63. The van der Waals surface area contributed by atoms with Crippen LogP contribution in [-0.4, -0.2) is 11.6 Å². The first-order chi connectivity index (χ1) is 12.1. The second-order valence-electron chi connectivity index (χ2n) is 6.67. The fourth-order valence-electron chi connectivity index (χ4n) is 3.42. The van der Waals surface area contributed by atoms with Gasteiger partial charge in [0.1, 0.15) is 18.1 Å². The standard InChI is InChI=1S/C21H21NO3/c1-13-14(2)21(23)25-20-17(13)9-10-19-18(20)11-22(12-24-19)15(3)16-7-5-4-6-8-16/h4-10,15H,11-12H2,1-3H3/t15-/m1/s1. The molecule has 4 heteroatoms. The van der Waals surface area contributed by atoms with Gasteiger partial charge in [-0.2, -0.15) is 0 Å². The van der Waals surface area contributed by atoms with Crippen LogP contribution in [0.25, 0.3) is 11.0 Å². The molecule has 1 atom stereocenters. The third-order valence-corrected chi connectivity index (χ3v) is 5.26. The first-order valence-corrected chi connectivity index (χ1v) is 8.54. The predicted molar refractivity (Wildman–Crippen MR) is 97.9 cm³/mol. The van der Waals surface area contributed by atoms with Crippen LogP contribution in [-0.2, 0) is 6.54 Å². The van der Waals surface area contributed by atoms with Gasteiger partial charge in [0.2, 0.25) is 0 Å². The molecular weight excluding hydrogens is 314 g/mol. The summed E-state index contributed by atoms with van der Waals surface area (Å²) in [6.07, 6.45) is 0. The Morgan fingerprint density at radius 1 is 1.04 bits per heavy atom. The molecule has 0 spiro atoms. The summed E-state index contributed by atoms with van der Waals surface area (Å²) in [6, 6.07) is 14.5. The lowest BCUT2D eigenvalue weighted by Crippen LogP contribution is -2.34. The molecule has 0 N–H and O–H groups in total. The normalized spacial score (nSPS) is 15.6. The van der Waals surface area contributed by atoms with Crippen molar-refractivity contribution in [1.29, 1.82) is 0 Å². The Bertz CT molecular complexity index is 991. The van der Waals surface area contributed by atoms with Crippen molar-refractivity contribution in [2.75, 3.05) is 6.73 Å². The van der Waals surface area contributed by atoms with Crippen molar-refractivity contribution >= 4 is 11.0 Å². The average Bonchev–Trinajstić information content (AvgIpc) is 2.66. The SMILES string of the molecule is Cc1c(C)c2ccc3c(c2oc1=O)CN([C@H](C)c1ccccc1)CO3. The lowest BCUT2D eigenvalue weighted by molar-refractivity contribution is 0.0620. The van der Waals surface area contributed by atoms with Crippen molar-refractivity contribution in [2.24, 2.45) is 0 Å². The molecule has 0 saturated heterocycles. The Morgan fingerprint density at radius 3 is 2.56 bits per heavy atom. The molecule has 0 amide bonds. The van der Waals surface area contributed by atoms with E-state index in [2.05, 4.69) is 24.0 Å². The maximum Gasteiger partial charge on any atom is 0.339 e. The molecule has 3 aromatic rings. The van der Waals surface area contributed by atoms with E-state index in [0.717, 1.165) is 22.3 Å². The largest absolute Gasteiger partial charge is 0.478 e. The first kappa shape index (κ1) is 15.9. The van der Waals surface area contributed by atoms with E-state index in [0.29, 0.717) is 24.4 Å². The first-order valence-electron chi connectivity index (χ1n) is 8.54. The zero-order valence-electron chi connectivity index (χ0n) is 14.7. The van der Waals surface area contributed by atoms with Gasteiger partial charge >= 0.3 is 5.63 Å². The number of aryl methyl sites for hydroxylation is 1. The van der Waals surface area contributed by atoms with Gasteiger partial charge in [-0.15, -0.1) is 0 Å². The lowest BCUT2D eigenvalue weighted by Gasteiger charge is -2.34. The van der Waals surface area contributed by atoms with E-state index in [1.807, 2.05) is 37.3 Å². The number of hydrogen-bond acceptors (Lipinski definition) is 4. The summed E-state index contributed by atoms with van der Waals surface area (Å²) in [7, 11) is 0. The van der Waals surface area contributed by atoms with Gasteiger partial charge < -0.3 is 9.15 Å². The fourth-order valence-corrected chi connectivity index (χ4v) is 3.42. The number of rotatable bonds is 2. The van der Waals surface area contributed by atoms with E-state index in [9.17, 15) is 4.79 Å². The Balaban J connectivity index is 1.78. The van der Waals surface area contributed by atoms with Crippen LogP contribution in [0, 0.1) is 13.8 Å². The van der Waals surface area contributed by atoms with Gasteiger partial charge in [0.25, 0.3) is 0 Å². The van der Waals surface area contributed by atoms with Crippen LogP contribution in [0.5, 0.6) is 5.75 Å². The molecule has 4 rings (SSSR count). The second-order valence-corrected chi connectivity index (χ2v) is 6.67. The average molecular weight is 335 g/mol. The third-order valence-electron chi connectivity index (χ3n) is 5.26. The van der Waals surface area contributed by atoms with E-state index in [1.54, 1.807) is 6.92 Å². The van der Waals surface area contributed by atoms with Crippen LogP contribution >= 0.6 is 0 Å². The zero-order chi connectivity index (χ0) is 17.6. The van der Waals surface area contributed by atoms with Crippen molar-refractivity contribution in [3.8, 4) is 5.75 Å². The molecule has 0 aliphatic carbocycles. The van der Waals surface area contributed by atoms with Gasteiger partial charge in [0.05, 0.1) is 5.56 Å². The number of hydrogen-bond donors (Lipinski definition) is 0. The molecule has 4 nitrogen and oxygen atoms in total. The van der Waals surface area contributed by atoms with Gasteiger partial charge in [-0.3, -0.25) is 4.90 Å². The van der Waals surface area contributed by atoms with Crippen molar-refractivity contribution in [3.05, 3.63) is 75.1 Å². The Labute approximate surface area is 146 Å². The molecule has 25 heavy (non-hydrogen) atoms. The monoisotopic (exact) mass is 335 g/mol. The molecule has 0 bridgehead atoms. The summed E-state index contributed by atoms with van der Waals surface area (Å²) < 4.78 is 11.6. The highest BCUT2D eigenvalue weighted by atomic mass is 16.5. The van der Waals surface area contributed by atoms with E-state index in [-0.39, 0.29) is 11.7 Å². The number of nitrogens with zero attached hydrogens (tertiary/aromatic N) is 1. The van der Waals surface area contributed by atoms with Crippen LogP contribution in [0.1, 0.15) is 35.2 Å². The van der Waals surface area contributed by atoms with Crippen molar-refractivity contribution in [3.63, 3.8) is 0 Å². The molecule has 0 unspecified atom stereocenters. The van der Waals surface area contributed by atoms with Gasteiger partial charge in [0.15, 0.2) is 0 Å². The van der Waals surface area contributed by atoms with E-state index < -0.39 is 0 Å². The minimum atomic E-state index is -0.272. The molecule has 1 aliphatic heterocycles. The quantitative estimate of drug-likeness (QED) is 0.654. The maximum absolute atomic E-state index is 12.2. The summed E-state index contributed by atoms with van der Waals surface area (Å²) in [4.78, 5) is 14.4. The summed E-state index contributed by atoms with van der Waals surface area (Å²) in [5.74, 6) is 0.801. The second kappa shape index (κ2) is 6.05. The van der Waals surface area contributed by atoms with Crippen LogP contribution < -0.4 is 10.4 Å². The van der Waals surface area contributed by atoms with Gasteiger partial charge in [-0.25, -0.2) is 4.79 Å². The Hall–Kier alpha value is -2.59. The van der Waals surface area contributed by atoms with Crippen LogP contribution in [0.3, 0.4) is 0 Å². The van der Waals surface area contributed by atoms with Crippen LogP contribution in [0.4, 0.5) is 0 Å². The highest BCUT2D eigenvalue weighted by molar-refractivity contribution is 5.85. The molecule has 0 fully saturated rings. The smallest absolute Gasteiger partial charge is 0.339 e. The van der Waals surface area contributed by atoms with E-state index >= 15 is 0 Å². The minimum absolute atomic E-state index is 0.211. The topological polar surface area (TPSA) is 42.7 Å². The predicted octanol–water partition coefficient (Wildman–Crippen LogP) is 4.32. The molecule has 0 radical (unpaired) electrons. The number of benzene rings is 2. The van der Waals surface area contributed by atoms with Crippen molar-refractivity contribution < 1.29 is 9.15 Å². The molecular formula is C21H21NO3. The zero-order valence-corrected chi connectivity index (χ0v) is 14.7. The van der Waals surface area contributed by atoms with Gasteiger partial charge in [-0.05, 0) is 44.0 Å². The molecule has 1 aromatic heterocycles. The van der Waals surface area contributed by atoms with Gasteiger partial charge in [0, 0.05) is 23.5 Å². The summed E-state index contributed by atoms with van der Waals surface area (Å²) >= 11 is 0. The molecule has 0 saturated carbocycles. The number of fused-ring (bicyclic) bond motifs is 3. The van der Waals surface area contributed by atoms with E-state index in [4.69, 9.17) is 9.15 Å².